The average molecular weight is 437 g/mol. The maximum Gasteiger partial charge on any atom is 0.297 e. The van der Waals surface area contributed by atoms with Crippen molar-refractivity contribution in [2.75, 3.05) is 12.0 Å². The number of benzene rings is 2. The standard InChI is InChI=1S/C22H16FN3O4S/c1-3-16-24-25-22(31-16)26-18(11-5-4-6-12(23)9-11)17-19(27)14-8-7-13(29-2)10-15(14)30-20(17)21(26)28/h4-10,18H,3H2,1-2H3. The van der Waals surface area contributed by atoms with Crippen LogP contribution in [0.1, 0.15) is 39.7 Å². The summed E-state index contributed by atoms with van der Waals surface area (Å²) in [4.78, 5) is 28.2. The van der Waals surface area contributed by atoms with Crippen molar-refractivity contribution in [3.63, 3.8) is 0 Å². The summed E-state index contributed by atoms with van der Waals surface area (Å²) in [5, 5.41) is 9.61. The highest BCUT2D eigenvalue weighted by Gasteiger charge is 2.45. The van der Waals surface area contributed by atoms with Crippen molar-refractivity contribution in [3.05, 3.63) is 80.4 Å². The smallest absolute Gasteiger partial charge is 0.297 e. The number of methoxy groups -OCH3 is 1. The molecule has 0 spiro atoms. The lowest BCUT2D eigenvalue weighted by Gasteiger charge is -2.22. The van der Waals surface area contributed by atoms with Gasteiger partial charge in [0.1, 0.15) is 22.2 Å². The summed E-state index contributed by atoms with van der Waals surface area (Å²) in [7, 11) is 1.50. The molecule has 1 aliphatic rings. The van der Waals surface area contributed by atoms with E-state index in [-0.39, 0.29) is 22.3 Å². The number of anilines is 1. The van der Waals surface area contributed by atoms with Gasteiger partial charge in [-0.3, -0.25) is 14.5 Å². The molecular weight excluding hydrogens is 421 g/mol. The Morgan fingerprint density at radius 2 is 2.03 bits per heavy atom. The number of hydrogen-bond donors (Lipinski definition) is 0. The molecule has 0 N–H and O–H groups in total. The second-order valence-electron chi connectivity index (χ2n) is 7.00. The van der Waals surface area contributed by atoms with Gasteiger partial charge in [-0.1, -0.05) is 30.4 Å². The first-order valence-corrected chi connectivity index (χ1v) is 10.4. The lowest BCUT2D eigenvalue weighted by Crippen LogP contribution is -2.29. The van der Waals surface area contributed by atoms with Crippen LogP contribution in [0.15, 0.2) is 51.7 Å². The molecule has 5 rings (SSSR count). The minimum atomic E-state index is -0.876. The molecule has 0 saturated heterocycles. The molecule has 0 aliphatic carbocycles. The van der Waals surface area contributed by atoms with Crippen LogP contribution in [-0.4, -0.2) is 23.2 Å². The Bertz CT molecular complexity index is 1400. The van der Waals surface area contributed by atoms with Crippen molar-refractivity contribution in [2.24, 2.45) is 0 Å². The van der Waals surface area contributed by atoms with Crippen LogP contribution >= 0.6 is 11.3 Å². The number of aromatic nitrogens is 2. The van der Waals surface area contributed by atoms with Crippen molar-refractivity contribution in [2.45, 2.75) is 19.4 Å². The molecule has 4 aromatic rings. The number of hydrogen-bond acceptors (Lipinski definition) is 7. The first-order chi connectivity index (χ1) is 15.0. The molecule has 156 valence electrons. The van der Waals surface area contributed by atoms with Crippen LogP contribution in [0, 0.1) is 5.82 Å². The van der Waals surface area contributed by atoms with E-state index in [2.05, 4.69) is 10.2 Å². The summed E-state index contributed by atoms with van der Waals surface area (Å²) in [6, 6.07) is 9.74. The maximum atomic E-state index is 14.1. The van der Waals surface area contributed by atoms with Crippen molar-refractivity contribution in [1.29, 1.82) is 0 Å². The summed E-state index contributed by atoms with van der Waals surface area (Å²) in [5.41, 5.74) is 0.481. The molecule has 0 saturated carbocycles. The summed E-state index contributed by atoms with van der Waals surface area (Å²) < 4.78 is 25.2. The van der Waals surface area contributed by atoms with Crippen molar-refractivity contribution in [1.82, 2.24) is 10.2 Å². The monoisotopic (exact) mass is 437 g/mol. The zero-order valence-corrected chi connectivity index (χ0v) is 17.4. The van der Waals surface area contributed by atoms with E-state index < -0.39 is 17.8 Å². The number of halogens is 1. The van der Waals surface area contributed by atoms with Gasteiger partial charge in [-0.05, 0) is 36.2 Å². The fourth-order valence-electron chi connectivity index (χ4n) is 3.75. The highest BCUT2D eigenvalue weighted by molar-refractivity contribution is 7.15. The van der Waals surface area contributed by atoms with Gasteiger partial charge in [0.2, 0.25) is 10.9 Å². The third-order valence-corrected chi connectivity index (χ3v) is 6.28. The van der Waals surface area contributed by atoms with Gasteiger partial charge in [-0.25, -0.2) is 4.39 Å². The van der Waals surface area contributed by atoms with Gasteiger partial charge in [0.15, 0.2) is 5.43 Å². The third kappa shape index (κ3) is 3.00. The third-order valence-electron chi connectivity index (χ3n) is 5.21. The lowest BCUT2D eigenvalue weighted by atomic mass is 9.98. The molecule has 9 heteroatoms. The number of ether oxygens (including phenoxy) is 1. The van der Waals surface area contributed by atoms with Crippen LogP contribution in [0.2, 0.25) is 0 Å². The van der Waals surface area contributed by atoms with E-state index in [0.717, 1.165) is 5.01 Å². The van der Waals surface area contributed by atoms with E-state index in [1.54, 1.807) is 24.3 Å². The molecule has 31 heavy (non-hydrogen) atoms. The van der Waals surface area contributed by atoms with Crippen LogP contribution in [0.25, 0.3) is 11.0 Å². The molecule has 7 nitrogen and oxygen atoms in total. The Morgan fingerprint density at radius 1 is 1.19 bits per heavy atom. The molecule has 1 amide bonds. The lowest BCUT2D eigenvalue weighted by molar-refractivity contribution is 0.0970. The Hall–Kier alpha value is -3.59. The summed E-state index contributed by atoms with van der Waals surface area (Å²) in [5.74, 6) is -0.589. The normalized spacial score (nSPS) is 15.5. The van der Waals surface area contributed by atoms with Gasteiger partial charge in [0.05, 0.1) is 24.1 Å². The van der Waals surface area contributed by atoms with Crippen LogP contribution < -0.4 is 15.1 Å². The van der Waals surface area contributed by atoms with E-state index in [1.807, 2.05) is 6.92 Å². The topological polar surface area (TPSA) is 85.5 Å². The zero-order chi connectivity index (χ0) is 21.7. The van der Waals surface area contributed by atoms with E-state index in [0.29, 0.717) is 28.3 Å². The fourth-order valence-corrected chi connectivity index (χ4v) is 4.56. The molecule has 3 heterocycles. The first-order valence-electron chi connectivity index (χ1n) is 9.58. The highest BCUT2D eigenvalue weighted by atomic mass is 32.1. The quantitative estimate of drug-likeness (QED) is 0.478. The fraction of sp³-hybridized carbons (Fsp3) is 0.182. The molecular formula is C22H16FN3O4S. The predicted octanol–water partition coefficient (Wildman–Crippen LogP) is 4.10. The number of amides is 1. The van der Waals surface area contributed by atoms with Gasteiger partial charge in [-0.2, -0.15) is 0 Å². The largest absolute Gasteiger partial charge is 0.497 e. The van der Waals surface area contributed by atoms with Crippen molar-refractivity contribution < 1.29 is 18.3 Å². The van der Waals surface area contributed by atoms with E-state index in [4.69, 9.17) is 9.15 Å². The molecule has 1 unspecified atom stereocenters. The van der Waals surface area contributed by atoms with Crippen molar-refractivity contribution in [3.8, 4) is 5.75 Å². The number of aryl methyl sites for hydroxylation is 1. The Kier molecular flexibility index (Phi) is 4.55. The number of carbonyl (C=O) groups excluding carboxylic acids is 1. The zero-order valence-electron chi connectivity index (χ0n) is 16.6. The molecule has 2 aromatic heterocycles. The Balaban J connectivity index is 1.80. The second-order valence-corrected chi connectivity index (χ2v) is 8.04. The molecule has 1 aliphatic heterocycles. The molecule has 0 radical (unpaired) electrons. The number of carbonyl (C=O) groups is 1. The van der Waals surface area contributed by atoms with Crippen LogP contribution in [0.5, 0.6) is 5.75 Å². The van der Waals surface area contributed by atoms with E-state index in [9.17, 15) is 14.0 Å². The average Bonchev–Trinajstić information content (AvgIpc) is 3.36. The van der Waals surface area contributed by atoms with Gasteiger partial charge < -0.3 is 9.15 Å². The summed E-state index contributed by atoms with van der Waals surface area (Å²) in [6.45, 7) is 1.93. The van der Waals surface area contributed by atoms with E-state index >= 15 is 0 Å². The van der Waals surface area contributed by atoms with Gasteiger partial charge in [-0.15, -0.1) is 10.2 Å². The van der Waals surface area contributed by atoms with Gasteiger partial charge in [0.25, 0.3) is 5.91 Å². The molecule has 2 aromatic carbocycles. The van der Waals surface area contributed by atoms with Crippen molar-refractivity contribution >= 4 is 33.3 Å². The van der Waals surface area contributed by atoms with Crippen LogP contribution in [-0.2, 0) is 6.42 Å². The first kappa shape index (κ1) is 19.4. The number of fused-ring (bicyclic) bond motifs is 2. The maximum absolute atomic E-state index is 14.1. The van der Waals surface area contributed by atoms with E-state index in [1.165, 1.54) is 41.5 Å². The minimum absolute atomic E-state index is 0.0896. The molecule has 0 bridgehead atoms. The summed E-state index contributed by atoms with van der Waals surface area (Å²) in [6.07, 6.45) is 0.651. The molecule has 1 atom stereocenters. The second kappa shape index (κ2) is 7.28. The molecule has 0 fully saturated rings. The predicted molar refractivity (Wildman–Crippen MR) is 113 cm³/mol. The van der Waals surface area contributed by atoms with Crippen LogP contribution in [0.3, 0.4) is 0 Å². The summed E-state index contributed by atoms with van der Waals surface area (Å²) >= 11 is 1.25. The number of nitrogens with zero attached hydrogens (tertiary/aromatic N) is 3. The minimum Gasteiger partial charge on any atom is -0.497 e. The van der Waals surface area contributed by atoms with Gasteiger partial charge in [0, 0.05) is 6.07 Å². The SMILES string of the molecule is CCc1nnc(N2C(=O)c3oc4cc(OC)ccc4c(=O)c3C2c2cccc(F)c2)s1. The van der Waals surface area contributed by atoms with Gasteiger partial charge >= 0.3 is 0 Å². The Labute approximate surface area is 179 Å². The highest BCUT2D eigenvalue weighted by Crippen LogP contribution is 2.42. The number of rotatable bonds is 4. The van der Waals surface area contributed by atoms with Crippen LogP contribution in [0.4, 0.5) is 9.52 Å². The Morgan fingerprint density at radius 3 is 2.74 bits per heavy atom.